The van der Waals surface area contributed by atoms with E-state index in [1.54, 1.807) is 7.11 Å². The minimum atomic E-state index is 0.0393. The van der Waals surface area contributed by atoms with E-state index >= 15 is 0 Å². The number of rotatable bonds is 8. The summed E-state index contributed by atoms with van der Waals surface area (Å²) in [5.41, 5.74) is 5.45. The lowest BCUT2D eigenvalue weighted by atomic mass is 10.1. The number of benzene rings is 2. The number of aromatic nitrogens is 2. The lowest BCUT2D eigenvalue weighted by molar-refractivity contribution is -0.121. The maximum atomic E-state index is 12.3. The second kappa shape index (κ2) is 9.22. The summed E-state index contributed by atoms with van der Waals surface area (Å²) in [5, 5.41) is 7.68. The number of aryl methyl sites for hydroxylation is 2. The summed E-state index contributed by atoms with van der Waals surface area (Å²) in [6, 6.07) is 18.1. The van der Waals surface area contributed by atoms with Gasteiger partial charge in [0, 0.05) is 24.2 Å². The van der Waals surface area contributed by atoms with E-state index in [9.17, 15) is 4.79 Å². The lowest BCUT2D eigenvalue weighted by Gasteiger charge is -2.08. The maximum Gasteiger partial charge on any atom is 0.220 e. The largest absolute Gasteiger partial charge is 0.497 e. The molecule has 0 saturated carbocycles. The molecule has 0 aliphatic heterocycles. The molecule has 0 bridgehead atoms. The smallest absolute Gasteiger partial charge is 0.220 e. The summed E-state index contributed by atoms with van der Waals surface area (Å²) in [4.78, 5) is 12.3. The fraction of sp³-hybridized carbons (Fsp3) is 0.304. The number of ether oxygens (including phenoxy) is 1. The summed E-state index contributed by atoms with van der Waals surface area (Å²) < 4.78 is 7.23. The van der Waals surface area contributed by atoms with Crippen LogP contribution in [0.15, 0.2) is 54.6 Å². The Kier molecular flexibility index (Phi) is 6.48. The highest BCUT2D eigenvalue weighted by Crippen LogP contribution is 2.16. The standard InChI is InChI=1S/C23H27N3O2/c1-17-22(18(2)26(25-17)16-20-8-5-4-6-9-20)15-24-23(27)13-12-19-10-7-11-21(14-19)28-3/h4-11,14H,12-13,15-16H2,1-3H3,(H,24,27). The molecule has 0 saturated heterocycles. The molecule has 0 unspecified atom stereocenters. The van der Waals surface area contributed by atoms with Crippen molar-refractivity contribution in [3.8, 4) is 5.75 Å². The first-order chi connectivity index (χ1) is 13.6. The third kappa shape index (κ3) is 5.00. The third-order valence-corrected chi connectivity index (χ3v) is 4.94. The van der Waals surface area contributed by atoms with E-state index in [0.29, 0.717) is 19.4 Å². The van der Waals surface area contributed by atoms with Crippen molar-refractivity contribution in [3.05, 3.63) is 82.7 Å². The van der Waals surface area contributed by atoms with Gasteiger partial charge < -0.3 is 10.1 Å². The average molecular weight is 377 g/mol. The van der Waals surface area contributed by atoms with Gasteiger partial charge in [-0.05, 0) is 43.5 Å². The van der Waals surface area contributed by atoms with Crippen molar-refractivity contribution < 1.29 is 9.53 Å². The van der Waals surface area contributed by atoms with E-state index in [1.807, 2.05) is 54.1 Å². The quantitative estimate of drug-likeness (QED) is 0.649. The fourth-order valence-electron chi connectivity index (χ4n) is 3.26. The summed E-state index contributed by atoms with van der Waals surface area (Å²) in [6.45, 7) is 5.29. The first-order valence-electron chi connectivity index (χ1n) is 9.53. The van der Waals surface area contributed by atoms with Gasteiger partial charge in [-0.2, -0.15) is 5.10 Å². The molecule has 0 aliphatic rings. The van der Waals surface area contributed by atoms with Crippen molar-refractivity contribution in [1.29, 1.82) is 0 Å². The maximum absolute atomic E-state index is 12.3. The molecule has 0 aliphatic carbocycles. The molecule has 0 radical (unpaired) electrons. The third-order valence-electron chi connectivity index (χ3n) is 4.94. The van der Waals surface area contributed by atoms with E-state index in [-0.39, 0.29) is 5.91 Å². The second-order valence-electron chi connectivity index (χ2n) is 6.92. The first-order valence-corrected chi connectivity index (χ1v) is 9.53. The SMILES string of the molecule is COc1cccc(CCC(=O)NCc2c(C)nn(Cc3ccccc3)c2C)c1. The number of amides is 1. The average Bonchev–Trinajstić information content (AvgIpc) is 2.98. The zero-order valence-corrected chi connectivity index (χ0v) is 16.7. The Morgan fingerprint density at radius 3 is 2.57 bits per heavy atom. The summed E-state index contributed by atoms with van der Waals surface area (Å²) in [5.74, 6) is 0.854. The Morgan fingerprint density at radius 2 is 1.82 bits per heavy atom. The Morgan fingerprint density at radius 1 is 1.07 bits per heavy atom. The molecule has 2 aromatic carbocycles. The topological polar surface area (TPSA) is 56.1 Å². The van der Waals surface area contributed by atoms with Crippen molar-refractivity contribution in [1.82, 2.24) is 15.1 Å². The highest BCUT2D eigenvalue weighted by atomic mass is 16.5. The molecule has 1 heterocycles. The molecule has 5 heteroatoms. The predicted molar refractivity (Wildman–Crippen MR) is 110 cm³/mol. The van der Waals surface area contributed by atoms with Crippen LogP contribution >= 0.6 is 0 Å². The Hall–Kier alpha value is -3.08. The monoisotopic (exact) mass is 377 g/mol. The molecule has 0 fully saturated rings. The molecule has 3 rings (SSSR count). The van der Waals surface area contributed by atoms with E-state index in [1.165, 1.54) is 5.56 Å². The molecule has 1 amide bonds. The minimum absolute atomic E-state index is 0.0393. The molecule has 146 valence electrons. The van der Waals surface area contributed by atoms with Crippen LogP contribution in [0.2, 0.25) is 0 Å². The molecule has 3 aromatic rings. The van der Waals surface area contributed by atoms with Crippen LogP contribution in [0.25, 0.3) is 0 Å². The Labute approximate surface area is 166 Å². The van der Waals surface area contributed by atoms with Gasteiger partial charge in [0.1, 0.15) is 5.75 Å². The van der Waals surface area contributed by atoms with Gasteiger partial charge in [-0.1, -0.05) is 42.5 Å². The van der Waals surface area contributed by atoms with Crippen LogP contribution in [0, 0.1) is 13.8 Å². The predicted octanol–water partition coefficient (Wildman–Crippen LogP) is 3.81. The van der Waals surface area contributed by atoms with Gasteiger partial charge in [-0.15, -0.1) is 0 Å². The van der Waals surface area contributed by atoms with E-state index < -0.39 is 0 Å². The van der Waals surface area contributed by atoms with Gasteiger partial charge in [-0.3, -0.25) is 9.48 Å². The van der Waals surface area contributed by atoms with Crippen LogP contribution < -0.4 is 10.1 Å². The van der Waals surface area contributed by atoms with E-state index in [0.717, 1.165) is 34.8 Å². The van der Waals surface area contributed by atoms with Crippen LogP contribution in [0.3, 0.4) is 0 Å². The van der Waals surface area contributed by atoms with Gasteiger partial charge in [-0.25, -0.2) is 0 Å². The van der Waals surface area contributed by atoms with Gasteiger partial charge in [0.2, 0.25) is 5.91 Å². The van der Waals surface area contributed by atoms with Gasteiger partial charge in [0.05, 0.1) is 19.3 Å². The summed E-state index contributed by atoms with van der Waals surface area (Å²) in [7, 11) is 1.65. The fourth-order valence-corrected chi connectivity index (χ4v) is 3.26. The van der Waals surface area contributed by atoms with Gasteiger partial charge >= 0.3 is 0 Å². The zero-order valence-electron chi connectivity index (χ0n) is 16.7. The zero-order chi connectivity index (χ0) is 19.9. The molecule has 28 heavy (non-hydrogen) atoms. The number of methoxy groups -OCH3 is 1. The molecule has 1 N–H and O–H groups in total. The summed E-state index contributed by atoms with van der Waals surface area (Å²) >= 11 is 0. The Balaban J connectivity index is 1.55. The number of nitrogens with zero attached hydrogens (tertiary/aromatic N) is 2. The van der Waals surface area contributed by atoms with Crippen molar-refractivity contribution >= 4 is 5.91 Å². The number of hydrogen-bond acceptors (Lipinski definition) is 3. The molecule has 0 atom stereocenters. The van der Waals surface area contributed by atoms with Crippen molar-refractivity contribution in [2.24, 2.45) is 0 Å². The molecule has 1 aromatic heterocycles. The number of nitrogens with one attached hydrogen (secondary N) is 1. The van der Waals surface area contributed by atoms with Crippen LogP contribution in [-0.4, -0.2) is 22.8 Å². The van der Waals surface area contributed by atoms with Crippen molar-refractivity contribution in [3.63, 3.8) is 0 Å². The highest BCUT2D eigenvalue weighted by Gasteiger charge is 2.13. The summed E-state index contributed by atoms with van der Waals surface area (Å²) in [6.07, 6.45) is 1.14. The van der Waals surface area contributed by atoms with Crippen LogP contribution in [0.4, 0.5) is 0 Å². The normalized spacial score (nSPS) is 10.7. The van der Waals surface area contributed by atoms with Crippen LogP contribution in [0.1, 0.15) is 34.5 Å². The number of carbonyl (C=O) groups is 1. The first kappa shape index (κ1) is 19.7. The van der Waals surface area contributed by atoms with Crippen LogP contribution in [0.5, 0.6) is 5.75 Å². The van der Waals surface area contributed by atoms with E-state index in [2.05, 4.69) is 29.5 Å². The number of carbonyl (C=O) groups excluding carboxylic acids is 1. The van der Waals surface area contributed by atoms with Crippen molar-refractivity contribution in [2.45, 2.75) is 39.8 Å². The number of hydrogen-bond donors (Lipinski definition) is 1. The van der Waals surface area contributed by atoms with Gasteiger partial charge in [0.15, 0.2) is 0 Å². The second-order valence-corrected chi connectivity index (χ2v) is 6.92. The molecule has 0 spiro atoms. The lowest BCUT2D eigenvalue weighted by Crippen LogP contribution is -2.23. The molecular weight excluding hydrogens is 350 g/mol. The highest BCUT2D eigenvalue weighted by molar-refractivity contribution is 5.76. The molecular formula is C23H27N3O2. The molecule has 5 nitrogen and oxygen atoms in total. The van der Waals surface area contributed by atoms with E-state index in [4.69, 9.17) is 4.74 Å². The van der Waals surface area contributed by atoms with Crippen molar-refractivity contribution in [2.75, 3.05) is 7.11 Å². The minimum Gasteiger partial charge on any atom is -0.497 e. The Bertz CT molecular complexity index is 932. The van der Waals surface area contributed by atoms with Gasteiger partial charge in [0.25, 0.3) is 0 Å². The van der Waals surface area contributed by atoms with Crippen LogP contribution in [-0.2, 0) is 24.3 Å².